The molecule has 3 heterocycles. The molecular weight excluding hydrogens is 368 g/mol. The predicted octanol–water partition coefficient (Wildman–Crippen LogP) is 1.76. The number of nitrogens with one attached hydrogen (secondary N) is 1. The van der Waals surface area contributed by atoms with E-state index in [9.17, 15) is 4.79 Å². The van der Waals surface area contributed by atoms with E-state index in [1.165, 1.54) is 10.8 Å². The van der Waals surface area contributed by atoms with Crippen LogP contribution < -0.4 is 16.0 Å². The zero-order valence-electron chi connectivity index (χ0n) is 16.1. The third-order valence-corrected chi connectivity index (χ3v) is 4.51. The van der Waals surface area contributed by atoms with Crippen LogP contribution in [0.1, 0.15) is 15.9 Å². The Morgan fingerprint density at radius 1 is 1.17 bits per heavy atom. The van der Waals surface area contributed by atoms with Crippen molar-refractivity contribution < 1.29 is 4.79 Å². The van der Waals surface area contributed by atoms with Gasteiger partial charge in [-0.3, -0.25) is 4.79 Å². The van der Waals surface area contributed by atoms with Crippen LogP contribution in [0.15, 0.2) is 55.2 Å². The van der Waals surface area contributed by atoms with Crippen molar-refractivity contribution in [2.45, 2.75) is 6.54 Å². The van der Waals surface area contributed by atoms with Crippen LogP contribution in [-0.4, -0.2) is 44.6 Å². The van der Waals surface area contributed by atoms with E-state index in [0.717, 1.165) is 16.8 Å². The molecule has 0 atom stereocenters. The molecular formula is C20H20N8O. The Morgan fingerprint density at radius 2 is 1.97 bits per heavy atom. The third kappa shape index (κ3) is 3.70. The Hall–Kier alpha value is -4.01. The summed E-state index contributed by atoms with van der Waals surface area (Å²) in [5, 5.41) is 7.11. The molecule has 146 valence electrons. The maximum Gasteiger partial charge on any atom is 0.259 e. The van der Waals surface area contributed by atoms with Gasteiger partial charge in [0, 0.05) is 50.5 Å². The number of nitrogens with two attached hydrogens (primary N) is 1. The lowest BCUT2D eigenvalue weighted by molar-refractivity contribution is 0.0953. The average molecular weight is 388 g/mol. The minimum atomic E-state index is -0.323. The Bertz CT molecular complexity index is 1150. The molecule has 4 rings (SSSR count). The number of amides is 1. The predicted molar refractivity (Wildman–Crippen MR) is 110 cm³/mol. The van der Waals surface area contributed by atoms with Gasteiger partial charge in [-0.25, -0.2) is 19.5 Å². The first-order chi connectivity index (χ1) is 14.0. The molecule has 9 nitrogen and oxygen atoms in total. The number of rotatable bonds is 5. The summed E-state index contributed by atoms with van der Waals surface area (Å²) in [7, 11) is 3.96. The summed E-state index contributed by atoms with van der Waals surface area (Å²) >= 11 is 0. The van der Waals surface area contributed by atoms with Crippen molar-refractivity contribution >= 4 is 23.1 Å². The van der Waals surface area contributed by atoms with Crippen LogP contribution in [0.5, 0.6) is 0 Å². The fourth-order valence-corrected chi connectivity index (χ4v) is 2.95. The Kier molecular flexibility index (Phi) is 4.78. The van der Waals surface area contributed by atoms with E-state index in [2.05, 4.69) is 25.4 Å². The molecule has 0 radical (unpaired) electrons. The van der Waals surface area contributed by atoms with E-state index < -0.39 is 0 Å². The first-order valence-corrected chi connectivity index (χ1v) is 8.97. The van der Waals surface area contributed by atoms with Gasteiger partial charge in [-0.1, -0.05) is 12.1 Å². The summed E-state index contributed by atoms with van der Waals surface area (Å²) in [4.78, 5) is 27.2. The van der Waals surface area contributed by atoms with E-state index >= 15 is 0 Å². The molecule has 0 fully saturated rings. The van der Waals surface area contributed by atoms with Gasteiger partial charge in [-0.2, -0.15) is 0 Å². The van der Waals surface area contributed by atoms with Crippen molar-refractivity contribution in [1.82, 2.24) is 29.9 Å². The van der Waals surface area contributed by atoms with Gasteiger partial charge in [-0.15, -0.1) is 5.10 Å². The van der Waals surface area contributed by atoms with Gasteiger partial charge in [0.1, 0.15) is 11.9 Å². The molecule has 0 saturated heterocycles. The van der Waals surface area contributed by atoms with Crippen LogP contribution >= 0.6 is 0 Å². The minimum absolute atomic E-state index is 0.123. The highest BCUT2D eigenvalue weighted by molar-refractivity contribution is 6.04. The number of fused-ring (bicyclic) bond motifs is 1. The summed E-state index contributed by atoms with van der Waals surface area (Å²) in [5.74, 6) is -0.200. The van der Waals surface area contributed by atoms with Gasteiger partial charge in [-0.05, 0) is 23.8 Å². The molecule has 0 saturated carbocycles. The largest absolute Gasteiger partial charge is 0.381 e. The molecule has 3 aromatic heterocycles. The number of hydrogen-bond acceptors (Lipinski definition) is 7. The van der Waals surface area contributed by atoms with Crippen molar-refractivity contribution in [3.05, 3.63) is 66.4 Å². The standard InChI is InChI=1S/C20H20N8O/c1-27(2)15-5-3-13(4-6-15)9-24-20(29)17-18(21)26-28-11-14(10-23-19(17)28)16-7-8-22-12-25-16/h3-8,10-12H,9H2,1-2H3,(H2,21,26)(H,24,29). The van der Waals surface area contributed by atoms with Gasteiger partial charge in [0.15, 0.2) is 11.5 Å². The Labute approximate surface area is 167 Å². The lowest BCUT2D eigenvalue weighted by atomic mass is 10.2. The van der Waals surface area contributed by atoms with Crippen molar-refractivity contribution in [2.24, 2.45) is 0 Å². The molecule has 4 aromatic rings. The van der Waals surface area contributed by atoms with E-state index in [4.69, 9.17) is 5.73 Å². The minimum Gasteiger partial charge on any atom is -0.381 e. The molecule has 1 aromatic carbocycles. The third-order valence-electron chi connectivity index (χ3n) is 4.51. The lowest BCUT2D eigenvalue weighted by Crippen LogP contribution is -2.23. The number of hydrogen-bond donors (Lipinski definition) is 2. The second-order valence-electron chi connectivity index (χ2n) is 6.71. The summed E-state index contributed by atoms with van der Waals surface area (Å²) in [6.45, 7) is 0.377. The zero-order valence-corrected chi connectivity index (χ0v) is 16.1. The Morgan fingerprint density at radius 3 is 2.66 bits per heavy atom. The molecule has 29 heavy (non-hydrogen) atoms. The van der Waals surface area contributed by atoms with Crippen molar-refractivity contribution in [1.29, 1.82) is 0 Å². The maximum absolute atomic E-state index is 12.7. The second kappa shape index (κ2) is 7.55. The number of benzene rings is 1. The highest BCUT2D eigenvalue weighted by Gasteiger charge is 2.19. The van der Waals surface area contributed by atoms with Crippen molar-refractivity contribution in [3.8, 4) is 11.3 Å². The van der Waals surface area contributed by atoms with E-state index in [1.807, 2.05) is 43.3 Å². The van der Waals surface area contributed by atoms with Crippen molar-refractivity contribution in [3.63, 3.8) is 0 Å². The first-order valence-electron chi connectivity index (χ1n) is 8.97. The number of nitrogen functional groups attached to an aromatic ring is 1. The van der Waals surface area contributed by atoms with Gasteiger partial charge in [0.2, 0.25) is 0 Å². The molecule has 0 bridgehead atoms. The average Bonchev–Trinajstić information content (AvgIpc) is 3.08. The van der Waals surface area contributed by atoms with E-state index in [0.29, 0.717) is 17.9 Å². The Balaban J connectivity index is 1.55. The quantitative estimate of drug-likeness (QED) is 0.535. The van der Waals surface area contributed by atoms with E-state index in [1.54, 1.807) is 24.7 Å². The molecule has 1 amide bonds. The normalized spacial score (nSPS) is 10.8. The van der Waals surface area contributed by atoms with Gasteiger partial charge in [0.05, 0.1) is 5.69 Å². The SMILES string of the molecule is CN(C)c1ccc(CNC(=O)c2c(N)nn3cc(-c4ccncn4)cnc23)cc1. The number of nitrogens with zero attached hydrogens (tertiary/aromatic N) is 6. The van der Waals surface area contributed by atoms with E-state index in [-0.39, 0.29) is 17.3 Å². The highest BCUT2D eigenvalue weighted by Crippen LogP contribution is 2.20. The fraction of sp³-hybridized carbons (Fsp3) is 0.150. The van der Waals surface area contributed by atoms with Crippen LogP contribution in [0, 0.1) is 0 Å². The summed E-state index contributed by atoms with van der Waals surface area (Å²) in [6, 6.07) is 9.72. The zero-order chi connectivity index (χ0) is 20.4. The monoisotopic (exact) mass is 388 g/mol. The van der Waals surface area contributed by atoms with Gasteiger partial charge in [0.25, 0.3) is 5.91 Å². The molecule has 9 heteroatoms. The van der Waals surface area contributed by atoms with Crippen molar-refractivity contribution in [2.75, 3.05) is 24.7 Å². The molecule has 0 aliphatic rings. The topological polar surface area (TPSA) is 114 Å². The lowest BCUT2D eigenvalue weighted by Gasteiger charge is -2.12. The smallest absolute Gasteiger partial charge is 0.259 e. The molecule has 0 aliphatic carbocycles. The molecule has 0 aliphatic heterocycles. The number of anilines is 2. The van der Waals surface area contributed by atoms with Crippen LogP contribution in [0.4, 0.5) is 11.5 Å². The van der Waals surface area contributed by atoms with Gasteiger partial charge >= 0.3 is 0 Å². The highest BCUT2D eigenvalue weighted by atomic mass is 16.1. The number of aromatic nitrogens is 5. The summed E-state index contributed by atoms with van der Waals surface area (Å²) in [5.41, 5.74) is 10.2. The summed E-state index contributed by atoms with van der Waals surface area (Å²) < 4.78 is 1.49. The maximum atomic E-state index is 12.7. The van der Waals surface area contributed by atoms with Crippen LogP contribution in [-0.2, 0) is 6.54 Å². The second-order valence-corrected chi connectivity index (χ2v) is 6.71. The number of carbonyl (C=O) groups is 1. The molecule has 0 unspecified atom stereocenters. The molecule has 0 spiro atoms. The number of carbonyl (C=O) groups excluding carboxylic acids is 1. The first kappa shape index (κ1) is 18.4. The van der Waals surface area contributed by atoms with Crippen LogP contribution in [0.3, 0.4) is 0 Å². The van der Waals surface area contributed by atoms with Gasteiger partial charge < -0.3 is 16.0 Å². The van der Waals surface area contributed by atoms with Crippen LogP contribution in [0.25, 0.3) is 16.9 Å². The molecule has 3 N–H and O–H groups in total. The van der Waals surface area contributed by atoms with Crippen LogP contribution in [0.2, 0.25) is 0 Å². The fourth-order valence-electron chi connectivity index (χ4n) is 2.95. The summed E-state index contributed by atoms with van der Waals surface area (Å²) in [6.07, 6.45) is 6.47.